The molecule has 1 aliphatic rings. The van der Waals surface area contributed by atoms with Gasteiger partial charge in [0.2, 0.25) is 5.75 Å². The molecule has 0 spiro atoms. The number of carbonyl (C=O) groups is 1. The van der Waals surface area contributed by atoms with E-state index in [0.29, 0.717) is 49.2 Å². The molecule has 1 saturated heterocycles. The van der Waals surface area contributed by atoms with Crippen molar-refractivity contribution in [2.45, 2.75) is 0 Å². The van der Waals surface area contributed by atoms with Crippen LogP contribution < -0.4 is 25.0 Å². The smallest absolute Gasteiger partial charge is 0.333 e. The lowest BCUT2D eigenvalue weighted by Crippen LogP contribution is -2.49. The highest BCUT2D eigenvalue weighted by Crippen LogP contribution is 2.39. The Morgan fingerprint density at radius 1 is 1.09 bits per heavy atom. The molecule has 1 fully saturated rings. The maximum atomic E-state index is 12.0. The van der Waals surface area contributed by atoms with E-state index in [9.17, 15) is 4.79 Å². The number of anilines is 1. The van der Waals surface area contributed by atoms with Gasteiger partial charge in [-0.15, -0.1) is 0 Å². The first kappa shape index (κ1) is 16.2. The summed E-state index contributed by atoms with van der Waals surface area (Å²) in [5.41, 5.74) is 3.30. The number of nitrogens with zero attached hydrogens (tertiary/aromatic N) is 1. The van der Waals surface area contributed by atoms with Crippen LogP contribution in [0.5, 0.6) is 17.2 Å². The van der Waals surface area contributed by atoms with Gasteiger partial charge in [-0.2, -0.15) is 0 Å². The number of hydrazine groups is 1. The van der Waals surface area contributed by atoms with Gasteiger partial charge < -0.3 is 24.3 Å². The average molecular weight is 311 g/mol. The van der Waals surface area contributed by atoms with Crippen LogP contribution in [0.1, 0.15) is 0 Å². The van der Waals surface area contributed by atoms with Gasteiger partial charge in [-0.3, -0.25) is 5.43 Å². The maximum absolute atomic E-state index is 12.0. The molecular weight excluding hydrogens is 290 g/mol. The zero-order chi connectivity index (χ0) is 15.9. The second-order valence-electron chi connectivity index (χ2n) is 4.58. The second kappa shape index (κ2) is 7.71. The third kappa shape index (κ3) is 3.92. The molecular formula is C14H21N3O5. The molecule has 1 aromatic carbocycles. The van der Waals surface area contributed by atoms with Gasteiger partial charge in [0.05, 0.1) is 40.2 Å². The molecule has 1 aliphatic heterocycles. The molecule has 0 aromatic heterocycles. The normalized spacial score (nSPS) is 15.0. The van der Waals surface area contributed by atoms with Gasteiger partial charge in [-0.25, -0.2) is 9.80 Å². The number of ether oxygens (including phenoxy) is 4. The molecule has 1 aromatic rings. The Balaban J connectivity index is 2.06. The first-order valence-corrected chi connectivity index (χ1v) is 6.88. The summed E-state index contributed by atoms with van der Waals surface area (Å²) in [5, 5.41) is 4.54. The number of methoxy groups -OCH3 is 3. The van der Waals surface area contributed by atoms with Gasteiger partial charge in [-0.05, 0) is 0 Å². The van der Waals surface area contributed by atoms with Crippen LogP contribution in [0.3, 0.4) is 0 Å². The number of nitrogens with one attached hydrogen (secondary N) is 2. The molecule has 2 rings (SSSR count). The van der Waals surface area contributed by atoms with Crippen molar-refractivity contribution in [3.05, 3.63) is 12.1 Å². The minimum absolute atomic E-state index is 0.337. The van der Waals surface area contributed by atoms with Crippen LogP contribution in [-0.4, -0.2) is 58.7 Å². The number of benzene rings is 1. The molecule has 0 unspecified atom stereocenters. The quantitative estimate of drug-likeness (QED) is 0.847. The van der Waals surface area contributed by atoms with Crippen LogP contribution in [0.25, 0.3) is 0 Å². The summed E-state index contributed by atoms with van der Waals surface area (Å²) < 4.78 is 21.0. The summed E-state index contributed by atoms with van der Waals surface area (Å²) in [6, 6.07) is 3.00. The minimum atomic E-state index is -0.337. The first-order chi connectivity index (χ1) is 10.7. The van der Waals surface area contributed by atoms with E-state index in [-0.39, 0.29) is 6.03 Å². The number of morpholine rings is 1. The molecule has 1 heterocycles. The fourth-order valence-electron chi connectivity index (χ4n) is 2.13. The highest BCUT2D eigenvalue weighted by Gasteiger charge is 2.16. The van der Waals surface area contributed by atoms with Crippen molar-refractivity contribution in [3.63, 3.8) is 0 Å². The Morgan fingerprint density at radius 3 is 2.18 bits per heavy atom. The maximum Gasteiger partial charge on any atom is 0.333 e. The van der Waals surface area contributed by atoms with E-state index in [1.807, 2.05) is 0 Å². The standard InChI is InChI=1S/C14H21N3O5/c1-19-11-8-10(9-12(20-2)13(11)21-3)15-14(18)16-17-4-6-22-7-5-17/h8-9H,4-7H2,1-3H3,(H2,15,16,18). The summed E-state index contributed by atoms with van der Waals surface area (Å²) in [4.78, 5) is 12.0. The predicted octanol–water partition coefficient (Wildman–Crippen LogP) is 1.08. The third-order valence-electron chi connectivity index (χ3n) is 3.19. The zero-order valence-corrected chi connectivity index (χ0v) is 13.0. The predicted molar refractivity (Wildman–Crippen MR) is 80.6 cm³/mol. The minimum Gasteiger partial charge on any atom is -0.493 e. The van der Waals surface area contributed by atoms with E-state index in [2.05, 4.69) is 10.7 Å². The topological polar surface area (TPSA) is 81.3 Å². The van der Waals surface area contributed by atoms with E-state index in [1.54, 1.807) is 17.1 Å². The third-order valence-corrected chi connectivity index (χ3v) is 3.19. The van der Waals surface area contributed by atoms with Crippen molar-refractivity contribution in [1.82, 2.24) is 10.4 Å². The van der Waals surface area contributed by atoms with E-state index < -0.39 is 0 Å². The lowest BCUT2D eigenvalue weighted by Gasteiger charge is -2.27. The van der Waals surface area contributed by atoms with Crippen LogP contribution in [0.2, 0.25) is 0 Å². The van der Waals surface area contributed by atoms with Crippen LogP contribution in [0.15, 0.2) is 12.1 Å². The lowest BCUT2D eigenvalue weighted by atomic mass is 10.2. The summed E-state index contributed by atoms with van der Waals surface area (Å²) in [7, 11) is 4.57. The molecule has 0 bridgehead atoms. The highest BCUT2D eigenvalue weighted by atomic mass is 16.5. The average Bonchev–Trinajstić information content (AvgIpc) is 2.54. The van der Waals surface area contributed by atoms with Gasteiger partial charge >= 0.3 is 6.03 Å². The van der Waals surface area contributed by atoms with E-state index in [4.69, 9.17) is 18.9 Å². The monoisotopic (exact) mass is 311 g/mol. The van der Waals surface area contributed by atoms with Gasteiger partial charge in [0, 0.05) is 25.2 Å². The zero-order valence-electron chi connectivity index (χ0n) is 13.0. The molecule has 0 saturated carbocycles. The van der Waals surface area contributed by atoms with Crippen LogP contribution in [0, 0.1) is 0 Å². The molecule has 2 amide bonds. The van der Waals surface area contributed by atoms with Crippen molar-refractivity contribution in [1.29, 1.82) is 0 Å². The van der Waals surface area contributed by atoms with Gasteiger partial charge in [0.25, 0.3) is 0 Å². The number of hydrogen-bond acceptors (Lipinski definition) is 6. The molecule has 0 atom stereocenters. The summed E-state index contributed by atoms with van der Waals surface area (Å²) in [6.45, 7) is 2.51. The number of hydrogen-bond donors (Lipinski definition) is 2. The number of carbonyl (C=O) groups excluding carboxylic acids is 1. The molecule has 0 aliphatic carbocycles. The summed E-state index contributed by atoms with van der Waals surface area (Å²) in [5.74, 6) is 1.43. The number of amides is 2. The Bertz CT molecular complexity index is 492. The van der Waals surface area contributed by atoms with Crippen LogP contribution in [-0.2, 0) is 4.74 Å². The van der Waals surface area contributed by atoms with Crippen molar-refractivity contribution >= 4 is 11.7 Å². The highest BCUT2D eigenvalue weighted by molar-refractivity contribution is 5.89. The summed E-state index contributed by atoms with van der Waals surface area (Å²) in [6.07, 6.45) is 0. The van der Waals surface area contributed by atoms with Crippen LogP contribution >= 0.6 is 0 Å². The fraction of sp³-hybridized carbons (Fsp3) is 0.500. The Labute approximate surface area is 129 Å². The van der Waals surface area contributed by atoms with E-state index in [1.165, 1.54) is 21.3 Å². The van der Waals surface area contributed by atoms with Crippen molar-refractivity contribution in [2.75, 3.05) is 52.9 Å². The van der Waals surface area contributed by atoms with Gasteiger partial charge in [0.15, 0.2) is 11.5 Å². The molecule has 22 heavy (non-hydrogen) atoms. The van der Waals surface area contributed by atoms with Crippen molar-refractivity contribution in [3.8, 4) is 17.2 Å². The van der Waals surface area contributed by atoms with Crippen LogP contribution in [0.4, 0.5) is 10.5 Å². The Kier molecular flexibility index (Phi) is 5.68. The molecule has 8 nitrogen and oxygen atoms in total. The van der Waals surface area contributed by atoms with Gasteiger partial charge in [0.1, 0.15) is 0 Å². The van der Waals surface area contributed by atoms with Crippen molar-refractivity contribution < 1.29 is 23.7 Å². The largest absolute Gasteiger partial charge is 0.493 e. The molecule has 0 radical (unpaired) electrons. The van der Waals surface area contributed by atoms with Crippen molar-refractivity contribution in [2.24, 2.45) is 0 Å². The lowest BCUT2D eigenvalue weighted by molar-refractivity contribution is 0.0207. The number of urea groups is 1. The number of rotatable bonds is 5. The Morgan fingerprint density at radius 2 is 1.68 bits per heavy atom. The van der Waals surface area contributed by atoms with Gasteiger partial charge in [-0.1, -0.05) is 0 Å². The SMILES string of the molecule is COc1cc(NC(=O)NN2CCOCC2)cc(OC)c1OC. The first-order valence-electron chi connectivity index (χ1n) is 6.88. The van der Waals surface area contributed by atoms with E-state index >= 15 is 0 Å². The van der Waals surface area contributed by atoms with E-state index in [0.717, 1.165) is 0 Å². The second-order valence-corrected chi connectivity index (χ2v) is 4.58. The molecule has 122 valence electrons. The fourth-order valence-corrected chi connectivity index (χ4v) is 2.13. The molecule has 8 heteroatoms. The molecule has 2 N–H and O–H groups in total. The Hall–Kier alpha value is -2.19. The summed E-state index contributed by atoms with van der Waals surface area (Å²) >= 11 is 0.